The van der Waals surface area contributed by atoms with Crippen LogP contribution in [-0.2, 0) is 29.4 Å². The average Bonchev–Trinajstić information content (AvgIpc) is 3.45. The number of anilines is 2. The summed E-state index contributed by atoms with van der Waals surface area (Å²) in [4.78, 5) is 52.4. The summed E-state index contributed by atoms with van der Waals surface area (Å²) in [7, 11) is -1.44. The average molecular weight is 521 g/mol. The van der Waals surface area contributed by atoms with Gasteiger partial charge in [-0.15, -0.1) is 0 Å². The summed E-state index contributed by atoms with van der Waals surface area (Å²) >= 11 is 0. The van der Waals surface area contributed by atoms with Gasteiger partial charge < -0.3 is 29.0 Å². The third-order valence-electron chi connectivity index (χ3n) is 7.69. The van der Waals surface area contributed by atoms with E-state index in [1.807, 2.05) is 32.2 Å². The highest BCUT2D eigenvalue weighted by atomic mass is 28.4. The standard InChI is InChI=1S/C25H36N2O8Si/c1-16-22(36(3,4)32)20(10-13-28)35-25(16)18-15-17(26-12-14-34-24(26)31)8-9-19(18)27(23(25)30)11-6-5-7-21(29)33-2/h8-9,15-16,20,22,28,32H,5-7,10-14H2,1-4H3/t16-,20+,22-,25+/m0/s1. The summed E-state index contributed by atoms with van der Waals surface area (Å²) < 4.78 is 16.4. The van der Waals surface area contributed by atoms with E-state index in [0.717, 1.165) is 0 Å². The first-order valence-corrected chi connectivity index (χ1v) is 15.6. The number of amides is 2. The maximum atomic E-state index is 14.2. The summed E-state index contributed by atoms with van der Waals surface area (Å²) in [5, 5.41) is 9.73. The van der Waals surface area contributed by atoms with Gasteiger partial charge in [-0.25, -0.2) is 4.79 Å². The number of esters is 1. The fourth-order valence-electron chi connectivity index (χ4n) is 6.12. The lowest BCUT2D eigenvalue weighted by Crippen LogP contribution is -2.46. The molecule has 10 nitrogen and oxygen atoms in total. The zero-order valence-corrected chi connectivity index (χ0v) is 22.4. The number of carbonyl (C=O) groups excluding carboxylic acids is 3. The van der Waals surface area contributed by atoms with Crippen LogP contribution in [0.15, 0.2) is 18.2 Å². The van der Waals surface area contributed by atoms with Crippen LogP contribution in [0.4, 0.5) is 16.2 Å². The minimum Gasteiger partial charge on any atom is -0.469 e. The van der Waals surface area contributed by atoms with E-state index in [1.54, 1.807) is 11.0 Å². The minimum atomic E-state index is -2.79. The Morgan fingerprint density at radius 2 is 2.03 bits per heavy atom. The molecular formula is C25H36N2O8Si. The van der Waals surface area contributed by atoms with Crippen molar-refractivity contribution >= 4 is 37.7 Å². The number of cyclic esters (lactones) is 1. The number of hydrogen-bond acceptors (Lipinski definition) is 8. The Balaban J connectivity index is 1.74. The van der Waals surface area contributed by atoms with Crippen molar-refractivity contribution < 1.29 is 38.5 Å². The normalized spacial score (nSPS) is 27.7. The summed E-state index contributed by atoms with van der Waals surface area (Å²) in [5.41, 5.74) is 0.362. The first kappa shape index (κ1) is 26.6. The highest BCUT2D eigenvalue weighted by Crippen LogP contribution is 2.60. The molecule has 0 unspecified atom stereocenters. The van der Waals surface area contributed by atoms with Crippen LogP contribution in [0.25, 0.3) is 0 Å². The van der Waals surface area contributed by atoms with Gasteiger partial charge in [-0.05, 0) is 50.6 Å². The zero-order chi connectivity index (χ0) is 26.3. The molecule has 0 bridgehead atoms. The van der Waals surface area contributed by atoms with Crippen LogP contribution in [0.2, 0.25) is 18.6 Å². The first-order valence-electron chi connectivity index (χ1n) is 12.5. The summed E-state index contributed by atoms with van der Waals surface area (Å²) in [6.07, 6.45) is 0.827. The third kappa shape index (κ3) is 4.42. The van der Waals surface area contributed by atoms with E-state index < -0.39 is 26.1 Å². The molecule has 1 aromatic carbocycles. The molecule has 2 saturated heterocycles. The molecule has 3 aliphatic rings. The topological polar surface area (TPSA) is 126 Å². The van der Waals surface area contributed by atoms with E-state index in [-0.39, 0.29) is 36.4 Å². The van der Waals surface area contributed by atoms with Gasteiger partial charge in [0.25, 0.3) is 5.91 Å². The fraction of sp³-hybridized carbons (Fsp3) is 0.640. The second-order valence-corrected chi connectivity index (χ2v) is 14.3. The Kier molecular flexibility index (Phi) is 7.47. The lowest BCUT2D eigenvalue weighted by atomic mass is 9.82. The van der Waals surface area contributed by atoms with Crippen LogP contribution in [0.1, 0.15) is 38.2 Å². The van der Waals surface area contributed by atoms with Crippen LogP contribution in [-0.4, -0.2) is 75.7 Å². The first-order chi connectivity index (χ1) is 17.1. The number of aliphatic hydroxyl groups is 1. The number of carbonyl (C=O) groups is 3. The van der Waals surface area contributed by atoms with Crippen molar-refractivity contribution in [1.29, 1.82) is 0 Å². The number of rotatable bonds is 9. The molecule has 4 rings (SSSR count). The summed E-state index contributed by atoms with van der Waals surface area (Å²) in [6, 6.07) is 5.45. The van der Waals surface area contributed by atoms with Gasteiger partial charge in [0, 0.05) is 42.3 Å². The van der Waals surface area contributed by atoms with Gasteiger partial charge in [0.2, 0.25) is 0 Å². The monoisotopic (exact) mass is 520 g/mol. The maximum absolute atomic E-state index is 14.2. The number of fused-ring (bicyclic) bond motifs is 2. The Labute approximate surface area is 212 Å². The smallest absolute Gasteiger partial charge is 0.414 e. The molecule has 3 aliphatic heterocycles. The molecule has 0 aromatic heterocycles. The number of nitrogens with zero attached hydrogens (tertiary/aromatic N) is 2. The Hall–Kier alpha value is -2.47. The van der Waals surface area contributed by atoms with Crippen molar-refractivity contribution in [3.05, 3.63) is 23.8 Å². The number of aliphatic hydroxyl groups excluding tert-OH is 1. The molecule has 4 atom stereocenters. The van der Waals surface area contributed by atoms with E-state index in [4.69, 9.17) is 14.2 Å². The Morgan fingerprint density at radius 1 is 1.28 bits per heavy atom. The quantitative estimate of drug-likeness (QED) is 0.289. The van der Waals surface area contributed by atoms with Gasteiger partial charge >= 0.3 is 12.1 Å². The highest BCUT2D eigenvalue weighted by Gasteiger charge is 2.66. The predicted molar refractivity (Wildman–Crippen MR) is 134 cm³/mol. The molecule has 2 N–H and O–H groups in total. The molecule has 2 amide bonds. The predicted octanol–water partition coefficient (Wildman–Crippen LogP) is 2.51. The SMILES string of the molecule is COC(=O)CCCCN1C(=O)[C@]2(O[C@H](CCO)[C@@H]([Si](C)(C)O)[C@@H]2C)c2cc(N3CCOC3=O)ccc21. The number of unbranched alkanes of at least 4 members (excludes halogenated alkanes) is 1. The van der Waals surface area contributed by atoms with Crippen LogP contribution < -0.4 is 9.80 Å². The van der Waals surface area contributed by atoms with Crippen LogP contribution in [0, 0.1) is 5.92 Å². The molecule has 1 aromatic rings. The third-order valence-corrected chi connectivity index (χ3v) is 10.2. The number of benzene rings is 1. The van der Waals surface area contributed by atoms with Crippen molar-refractivity contribution in [3.63, 3.8) is 0 Å². The molecule has 0 saturated carbocycles. The van der Waals surface area contributed by atoms with E-state index >= 15 is 0 Å². The number of ether oxygens (including phenoxy) is 3. The van der Waals surface area contributed by atoms with Gasteiger partial charge in [0.1, 0.15) is 6.61 Å². The van der Waals surface area contributed by atoms with Gasteiger partial charge in [-0.2, -0.15) is 0 Å². The highest BCUT2D eigenvalue weighted by molar-refractivity contribution is 6.71. The van der Waals surface area contributed by atoms with Crippen molar-refractivity contribution in [1.82, 2.24) is 0 Å². The second-order valence-electron chi connectivity index (χ2n) is 10.3. The second kappa shape index (κ2) is 10.1. The van der Waals surface area contributed by atoms with Gasteiger partial charge in [0.05, 0.1) is 25.4 Å². The largest absolute Gasteiger partial charge is 0.469 e. The minimum absolute atomic E-state index is 0.119. The van der Waals surface area contributed by atoms with Crippen LogP contribution >= 0.6 is 0 Å². The maximum Gasteiger partial charge on any atom is 0.414 e. The lowest BCUT2D eigenvalue weighted by molar-refractivity contribution is -0.146. The molecule has 0 radical (unpaired) electrons. The summed E-state index contributed by atoms with van der Waals surface area (Å²) in [6.45, 7) is 6.59. The molecule has 3 heterocycles. The Morgan fingerprint density at radius 3 is 2.64 bits per heavy atom. The molecule has 1 spiro atoms. The fourth-order valence-corrected chi connectivity index (χ4v) is 8.72. The van der Waals surface area contributed by atoms with E-state index in [0.29, 0.717) is 55.9 Å². The zero-order valence-electron chi connectivity index (χ0n) is 21.4. The van der Waals surface area contributed by atoms with Crippen LogP contribution in [0.3, 0.4) is 0 Å². The lowest BCUT2D eigenvalue weighted by Gasteiger charge is -2.32. The molecule has 2 fully saturated rings. The van der Waals surface area contributed by atoms with E-state index in [2.05, 4.69) is 0 Å². The Bertz CT molecular complexity index is 1030. The molecular weight excluding hydrogens is 484 g/mol. The van der Waals surface area contributed by atoms with Crippen LogP contribution in [0.5, 0.6) is 0 Å². The molecule has 11 heteroatoms. The summed E-state index contributed by atoms with van der Waals surface area (Å²) in [5.74, 6) is -0.861. The molecule has 36 heavy (non-hydrogen) atoms. The molecule has 0 aliphatic carbocycles. The number of hydrogen-bond donors (Lipinski definition) is 2. The van der Waals surface area contributed by atoms with Crippen molar-refractivity contribution in [3.8, 4) is 0 Å². The van der Waals surface area contributed by atoms with E-state index in [1.165, 1.54) is 12.0 Å². The van der Waals surface area contributed by atoms with Crippen molar-refractivity contribution in [2.45, 2.75) is 62.9 Å². The molecule has 198 valence electrons. The van der Waals surface area contributed by atoms with Gasteiger partial charge in [0.15, 0.2) is 13.9 Å². The number of methoxy groups -OCH3 is 1. The van der Waals surface area contributed by atoms with Gasteiger partial charge in [-0.3, -0.25) is 14.5 Å². The van der Waals surface area contributed by atoms with Crippen molar-refractivity contribution in [2.24, 2.45) is 5.92 Å². The van der Waals surface area contributed by atoms with E-state index in [9.17, 15) is 24.3 Å². The van der Waals surface area contributed by atoms with Crippen molar-refractivity contribution in [2.75, 3.05) is 43.2 Å². The van der Waals surface area contributed by atoms with Gasteiger partial charge in [-0.1, -0.05) is 6.92 Å².